The van der Waals surface area contributed by atoms with Crippen molar-refractivity contribution in [2.24, 2.45) is 13.0 Å². The number of aromatic nitrogens is 2. The summed E-state index contributed by atoms with van der Waals surface area (Å²) >= 11 is 0. The van der Waals surface area contributed by atoms with Gasteiger partial charge in [-0.3, -0.25) is 4.79 Å². The fraction of sp³-hybridized carbons (Fsp3) is 0.414. The molecule has 1 aliphatic rings. The molecule has 0 spiro atoms. The maximum absolute atomic E-state index is 13.9. The Balaban J connectivity index is 1.79. The highest BCUT2D eigenvalue weighted by Crippen LogP contribution is 2.28. The van der Waals surface area contributed by atoms with Crippen molar-refractivity contribution in [2.75, 3.05) is 0 Å². The lowest BCUT2D eigenvalue weighted by Gasteiger charge is -2.18. The lowest BCUT2D eigenvalue weighted by atomic mass is 9.93. The Hall–Kier alpha value is -3.75. The molecule has 0 amide bonds. The van der Waals surface area contributed by atoms with Crippen molar-refractivity contribution in [3.63, 3.8) is 0 Å². The highest BCUT2D eigenvalue weighted by atomic mass is 19.3. The van der Waals surface area contributed by atoms with Crippen molar-refractivity contribution in [1.29, 1.82) is 0 Å². The Morgan fingerprint density at radius 1 is 1.08 bits per heavy atom. The lowest BCUT2D eigenvalue weighted by molar-refractivity contribution is -0.376. The van der Waals surface area contributed by atoms with E-state index in [4.69, 9.17) is 9.47 Å². The molecule has 38 heavy (non-hydrogen) atoms. The highest BCUT2D eigenvalue weighted by molar-refractivity contribution is 5.77. The molecule has 202 valence electrons. The van der Waals surface area contributed by atoms with Crippen molar-refractivity contribution < 1.29 is 23.2 Å². The number of alkyl halides is 2. The highest BCUT2D eigenvalue weighted by Gasteiger charge is 2.33. The normalized spacial score (nSPS) is 15.4. The summed E-state index contributed by atoms with van der Waals surface area (Å²) in [5, 5.41) is 0. The predicted octanol–water partition coefficient (Wildman–Crippen LogP) is 3.64. The van der Waals surface area contributed by atoms with E-state index in [1.165, 1.54) is 26.1 Å². The third-order valence-corrected chi connectivity index (χ3v) is 6.75. The Bertz CT molecular complexity index is 1440. The van der Waals surface area contributed by atoms with E-state index in [2.05, 4.69) is 17.1 Å². The van der Waals surface area contributed by atoms with Gasteiger partial charge in [-0.05, 0) is 50.3 Å². The minimum atomic E-state index is -3.30. The van der Waals surface area contributed by atoms with Gasteiger partial charge in [-0.1, -0.05) is 49.7 Å². The molecule has 9 heteroatoms. The van der Waals surface area contributed by atoms with Gasteiger partial charge in [-0.2, -0.15) is 13.3 Å². The van der Waals surface area contributed by atoms with E-state index >= 15 is 0 Å². The van der Waals surface area contributed by atoms with Crippen LogP contribution in [0.2, 0.25) is 0 Å². The number of nitrogens with zero attached hydrogens (tertiary/aromatic N) is 2. The van der Waals surface area contributed by atoms with Crippen molar-refractivity contribution in [3.8, 4) is 11.5 Å². The van der Waals surface area contributed by atoms with E-state index in [9.17, 15) is 18.4 Å². The molecular formula is C29H34F2N3O4+. The minimum Gasteiger partial charge on any atom is -0.432 e. The third kappa shape index (κ3) is 6.03. The molecule has 7 nitrogen and oxygen atoms in total. The average molecular weight is 527 g/mol. The summed E-state index contributed by atoms with van der Waals surface area (Å²) in [6.45, 7) is 5.75. The van der Waals surface area contributed by atoms with Gasteiger partial charge in [0.05, 0.1) is 12.5 Å². The molecule has 0 saturated heterocycles. The first kappa shape index (κ1) is 27.3. The van der Waals surface area contributed by atoms with Gasteiger partial charge in [0.15, 0.2) is 0 Å². The average Bonchev–Trinajstić information content (AvgIpc) is 3.06. The molecule has 1 unspecified atom stereocenters. The van der Waals surface area contributed by atoms with E-state index in [0.29, 0.717) is 55.3 Å². The number of hydrogen-bond acceptors (Lipinski definition) is 4. The van der Waals surface area contributed by atoms with Crippen LogP contribution in [0.25, 0.3) is 0 Å². The molecule has 2 heterocycles. The molecule has 4 rings (SSSR count). The van der Waals surface area contributed by atoms with Gasteiger partial charge in [0, 0.05) is 19.5 Å². The molecule has 0 saturated carbocycles. The molecule has 0 bridgehead atoms. The van der Waals surface area contributed by atoms with Gasteiger partial charge >= 0.3 is 11.8 Å². The smallest absolute Gasteiger partial charge is 0.418 e. The van der Waals surface area contributed by atoms with Gasteiger partial charge in [-0.15, -0.1) is 0 Å². The SMILES string of the molecule is CCCn1c2c(c(=O)n(C)c1=O)CCC(Cc1ccc(C)cc1)C(Oc1cccc(OC(F)(F)CC)c1)=[NH+]2. The van der Waals surface area contributed by atoms with Gasteiger partial charge in [0.2, 0.25) is 0 Å². The van der Waals surface area contributed by atoms with Crippen molar-refractivity contribution in [1.82, 2.24) is 9.13 Å². The monoisotopic (exact) mass is 526 g/mol. The molecule has 3 aromatic rings. The minimum absolute atomic E-state index is 0.0178. The molecule has 2 aromatic carbocycles. The van der Waals surface area contributed by atoms with Crippen LogP contribution in [0.3, 0.4) is 0 Å². The quantitative estimate of drug-likeness (QED) is 0.486. The number of halogens is 2. The van der Waals surface area contributed by atoms with Crippen LogP contribution in [-0.2, 0) is 26.4 Å². The number of rotatable bonds is 8. The van der Waals surface area contributed by atoms with E-state index < -0.39 is 18.2 Å². The molecule has 0 aliphatic carbocycles. The van der Waals surface area contributed by atoms with Crippen molar-refractivity contribution in [2.45, 2.75) is 65.5 Å². The first-order valence-electron chi connectivity index (χ1n) is 13.0. The number of hydrogen-bond donors (Lipinski definition) is 1. The van der Waals surface area contributed by atoms with Crippen molar-refractivity contribution in [3.05, 3.63) is 86.1 Å². The van der Waals surface area contributed by atoms with Crippen LogP contribution in [0, 0.1) is 12.8 Å². The summed E-state index contributed by atoms with van der Waals surface area (Å²) in [6.07, 6.45) is -1.40. The maximum Gasteiger partial charge on any atom is 0.418 e. The Kier molecular flexibility index (Phi) is 8.14. The Morgan fingerprint density at radius 3 is 2.47 bits per heavy atom. The topological polar surface area (TPSA) is 76.4 Å². The molecule has 1 aromatic heterocycles. The third-order valence-electron chi connectivity index (χ3n) is 6.75. The summed E-state index contributed by atoms with van der Waals surface area (Å²) in [5.74, 6) is 0.993. The lowest BCUT2D eigenvalue weighted by Crippen LogP contribution is -2.72. The largest absolute Gasteiger partial charge is 0.432 e. The van der Waals surface area contributed by atoms with Crippen LogP contribution in [0.1, 0.15) is 49.8 Å². The van der Waals surface area contributed by atoms with E-state index in [0.717, 1.165) is 15.7 Å². The molecule has 1 N–H and O–H groups in total. The molecule has 0 fully saturated rings. The number of nitrogens with one attached hydrogen (secondary N) is 1. The second-order valence-corrected chi connectivity index (χ2v) is 9.71. The molecule has 0 radical (unpaired) electrons. The Labute approximate surface area is 220 Å². The zero-order chi connectivity index (χ0) is 27.4. The first-order valence-corrected chi connectivity index (χ1v) is 13.0. The zero-order valence-electron chi connectivity index (χ0n) is 22.2. The van der Waals surface area contributed by atoms with E-state index in [1.54, 1.807) is 16.7 Å². The van der Waals surface area contributed by atoms with Gasteiger partial charge < -0.3 is 9.47 Å². The fourth-order valence-electron chi connectivity index (χ4n) is 4.58. The van der Waals surface area contributed by atoms with E-state index in [-0.39, 0.29) is 17.2 Å². The van der Waals surface area contributed by atoms with Gasteiger partial charge in [0.1, 0.15) is 17.1 Å². The van der Waals surface area contributed by atoms with Gasteiger partial charge in [-0.25, -0.2) is 14.4 Å². The van der Waals surface area contributed by atoms with Crippen LogP contribution in [0.4, 0.5) is 14.6 Å². The fourth-order valence-corrected chi connectivity index (χ4v) is 4.58. The van der Waals surface area contributed by atoms with Crippen LogP contribution < -0.4 is 25.7 Å². The number of benzene rings is 2. The summed E-state index contributed by atoms with van der Waals surface area (Å²) in [4.78, 5) is 29.4. The van der Waals surface area contributed by atoms with Crippen LogP contribution in [0.5, 0.6) is 11.5 Å². The molecule has 1 atom stereocenters. The maximum atomic E-state index is 13.9. The summed E-state index contributed by atoms with van der Waals surface area (Å²) in [7, 11) is 1.49. The van der Waals surface area contributed by atoms with E-state index in [1.807, 2.05) is 26.0 Å². The molecular weight excluding hydrogens is 492 g/mol. The number of fused-ring (bicyclic) bond motifs is 1. The second kappa shape index (κ2) is 11.3. The van der Waals surface area contributed by atoms with Crippen LogP contribution in [0.15, 0.2) is 58.1 Å². The first-order chi connectivity index (χ1) is 18.1. The Morgan fingerprint density at radius 2 is 1.79 bits per heavy atom. The second-order valence-electron chi connectivity index (χ2n) is 9.71. The summed E-state index contributed by atoms with van der Waals surface area (Å²) < 4.78 is 41.6. The summed E-state index contributed by atoms with van der Waals surface area (Å²) in [6, 6.07) is 14.3. The van der Waals surface area contributed by atoms with Crippen LogP contribution >= 0.6 is 0 Å². The number of ether oxygens (including phenoxy) is 2. The van der Waals surface area contributed by atoms with Crippen molar-refractivity contribution >= 4 is 11.7 Å². The van der Waals surface area contributed by atoms with Gasteiger partial charge in [0.25, 0.3) is 17.3 Å². The number of aryl methyl sites for hydroxylation is 1. The zero-order valence-corrected chi connectivity index (χ0v) is 22.2. The van der Waals surface area contributed by atoms with Crippen LogP contribution in [-0.4, -0.2) is 21.1 Å². The molecule has 1 aliphatic heterocycles. The standard InChI is InChI=1S/C29H33F2N3O4/c1-5-16-34-25-24(27(35)33(4)28(34)36)15-14-21(17-20-12-10-19(3)11-13-20)26(32-25)37-22-8-7-9-23(18-22)38-29(30,31)6-2/h7-13,18,21H,5-6,14-17H2,1-4H3/p+1. The predicted molar refractivity (Wildman–Crippen MR) is 141 cm³/mol. The summed E-state index contributed by atoms with van der Waals surface area (Å²) in [5.41, 5.74) is 2.02.